The molecule has 1 saturated heterocycles. The Hall–Kier alpha value is -2.28. The van der Waals surface area contributed by atoms with E-state index in [-0.39, 0.29) is 17.9 Å². The van der Waals surface area contributed by atoms with E-state index in [1.165, 1.54) is 0 Å². The number of anilines is 1. The highest BCUT2D eigenvalue weighted by Gasteiger charge is 2.29. The lowest BCUT2D eigenvalue weighted by Gasteiger charge is -2.38. The van der Waals surface area contributed by atoms with E-state index in [9.17, 15) is 9.90 Å². The van der Waals surface area contributed by atoms with Crippen LogP contribution in [0.15, 0.2) is 24.7 Å². The molecule has 0 bridgehead atoms. The second-order valence-electron chi connectivity index (χ2n) is 7.20. The van der Waals surface area contributed by atoms with Crippen LogP contribution in [0.5, 0.6) is 0 Å². The van der Waals surface area contributed by atoms with Gasteiger partial charge in [0.1, 0.15) is 11.6 Å². The fourth-order valence-electron chi connectivity index (χ4n) is 3.36. The third kappa shape index (κ3) is 3.87. The zero-order valence-corrected chi connectivity index (χ0v) is 14.9. The highest BCUT2D eigenvalue weighted by molar-refractivity contribution is 5.85. The van der Waals surface area contributed by atoms with Crippen molar-refractivity contribution in [1.82, 2.24) is 20.3 Å². The minimum Gasteiger partial charge on any atom is -0.383 e. The Morgan fingerprint density at radius 1 is 1.24 bits per heavy atom. The molecule has 7 heteroatoms. The summed E-state index contributed by atoms with van der Waals surface area (Å²) in [5, 5.41) is 13.0. The number of fused-ring (bicyclic) bond motifs is 1. The molecule has 134 valence electrons. The molecule has 3 heterocycles. The molecule has 1 aliphatic heterocycles. The molecule has 7 nitrogen and oxygen atoms in total. The van der Waals surface area contributed by atoms with Gasteiger partial charge in [0.15, 0.2) is 5.65 Å². The topological polar surface area (TPSA) is 91.2 Å². The Bertz CT molecular complexity index is 746. The molecule has 1 aliphatic rings. The van der Waals surface area contributed by atoms with Crippen molar-refractivity contribution in [3.05, 3.63) is 24.7 Å². The van der Waals surface area contributed by atoms with Gasteiger partial charge in [0, 0.05) is 37.7 Å². The maximum absolute atomic E-state index is 12.2. The lowest BCUT2D eigenvalue weighted by molar-refractivity contribution is -0.132. The van der Waals surface area contributed by atoms with Crippen LogP contribution in [0.2, 0.25) is 0 Å². The predicted molar refractivity (Wildman–Crippen MR) is 96.1 cm³/mol. The first-order chi connectivity index (χ1) is 12.0. The molecule has 1 unspecified atom stereocenters. The van der Waals surface area contributed by atoms with Gasteiger partial charge in [0.2, 0.25) is 5.91 Å². The summed E-state index contributed by atoms with van der Waals surface area (Å²) in [6.45, 7) is 7.40. The number of pyridine rings is 1. The smallest absolute Gasteiger partial charge is 0.249 e. The summed E-state index contributed by atoms with van der Waals surface area (Å²) in [4.78, 5) is 27.4. The average molecular weight is 343 g/mol. The Balaban J connectivity index is 1.79. The zero-order valence-electron chi connectivity index (χ0n) is 14.9. The van der Waals surface area contributed by atoms with Crippen molar-refractivity contribution >= 4 is 22.8 Å². The van der Waals surface area contributed by atoms with E-state index < -0.39 is 6.10 Å². The number of hydrogen-bond donors (Lipinski definition) is 2. The van der Waals surface area contributed by atoms with E-state index in [0.29, 0.717) is 18.1 Å². The number of piperidine rings is 1. The number of aliphatic hydroxyl groups excluding tert-OH is 1. The number of carbonyl (C=O) groups is 1. The quantitative estimate of drug-likeness (QED) is 0.871. The van der Waals surface area contributed by atoms with Crippen molar-refractivity contribution < 1.29 is 9.90 Å². The third-order valence-corrected chi connectivity index (χ3v) is 4.60. The molecule has 2 aromatic rings. The van der Waals surface area contributed by atoms with E-state index in [2.05, 4.69) is 32.1 Å². The summed E-state index contributed by atoms with van der Waals surface area (Å²) in [5.41, 5.74) is 2.37. The number of nitrogens with one attached hydrogen (secondary N) is 1. The first kappa shape index (κ1) is 17.5. The van der Waals surface area contributed by atoms with Gasteiger partial charge in [-0.25, -0.2) is 15.0 Å². The second-order valence-corrected chi connectivity index (χ2v) is 7.20. The van der Waals surface area contributed by atoms with E-state index in [0.717, 1.165) is 24.2 Å². The Labute approximate surface area is 147 Å². The van der Waals surface area contributed by atoms with E-state index in [1.807, 2.05) is 19.9 Å². The molecule has 2 aromatic heterocycles. The number of carbonyl (C=O) groups excluding carboxylic acids is 1. The summed E-state index contributed by atoms with van der Waals surface area (Å²) in [5.74, 6) is 0.0140. The maximum atomic E-state index is 12.2. The minimum atomic E-state index is -0.974. The van der Waals surface area contributed by atoms with Gasteiger partial charge in [-0.05, 0) is 24.3 Å². The van der Waals surface area contributed by atoms with Crippen LogP contribution in [0.4, 0.5) is 5.69 Å². The van der Waals surface area contributed by atoms with Crippen LogP contribution in [0, 0.1) is 11.8 Å². The lowest BCUT2D eigenvalue weighted by atomic mass is 9.94. The van der Waals surface area contributed by atoms with Crippen molar-refractivity contribution in [2.75, 3.05) is 18.0 Å². The normalized spacial score (nSPS) is 22.2. The van der Waals surface area contributed by atoms with Crippen molar-refractivity contribution in [3.8, 4) is 0 Å². The van der Waals surface area contributed by atoms with Gasteiger partial charge in [0.25, 0.3) is 0 Å². The molecule has 3 rings (SSSR count). The summed E-state index contributed by atoms with van der Waals surface area (Å²) >= 11 is 0. The average Bonchev–Trinajstić information content (AvgIpc) is 2.59. The van der Waals surface area contributed by atoms with E-state index in [1.54, 1.807) is 18.6 Å². The number of rotatable bonds is 4. The molecule has 0 spiro atoms. The van der Waals surface area contributed by atoms with Gasteiger partial charge in [-0.3, -0.25) is 4.79 Å². The molecule has 25 heavy (non-hydrogen) atoms. The number of aliphatic hydroxyl groups is 1. The monoisotopic (exact) mass is 343 g/mol. The summed E-state index contributed by atoms with van der Waals surface area (Å²) in [6, 6.07) is 1.93. The fourth-order valence-corrected chi connectivity index (χ4v) is 3.36. The molecule has 0 radical (unpaired) electrons. The SMILES string of the molecule is CC(C)C(O)C(=O)N[C@@H]1C[C@H](C)CN(c2ccnc3nccnc23)C1. The van der Waals surface area contributed by atoms with Crippen molar-refractivity contribution in [1.29, 1.82) is 0 Å². The van der Waals surface area contributed by atoms with Crippen LogP contribution in [-0.2, 0) is 4.79 Å². The van der Waals surface area contributed by atoms with Crippen LogP contribution in [0.1, 0.15) is 27.2 Å². The second kappa shape index (κ2) is 7.31. The van der Waals surface area contributed by atoms with Crippen molar-refractivity contribution in [2.45, 2.75) is 39.3 Å². The highest BCUT2D eigenvalue weighted by atomic mass is 16.3. The summed E-state index contributed by atoms with van der Waals surface area (Å²) in [6.07, 6.45) is 4.95. The first-order valence-corrected chi connectivity index (χ1v) is 8.74. The van der Waals surface area contributed by atoms with Gasteiger partial charge < -0.3 is 15.3 Å². The third-order valence-electron chi connectivity index (χ3n) is 4.60. The number of amides is 1. The Morgan fingerprint density at radius 2 is 1.96 bits per heavy atom. The van der Waals surface area contributed by atoms with E-state index in [4.69, 9.17) is 0 Å². The number of nitrogens with zero attached hydrogens (tertiary/aromatic N) is 4. The maximum Gasteiger partial charge on any atom is 0.249 e. The molecule has 3 atom stereocenters. The zero-order chi connectivity index (χ0) is 18.0. The molecule has 0 aromatic carbocycles. The Kier molecular flexibility index (Phi) is 5.13. The number of hydrogen-bond acceptors (Lipinski definition) is 6. The molecular formula is C18H25N5O2. The molecular weight excluding hydrogens is 318 g/mol. The lowest BCUT2D eigenvalue weighted by Crippen LogP contribution is -2.53. The van der Waals surface area contributed by atoms with Gasteiger partial charge >= 0.3 is 0 Å². The fraction of sp³-hybridized carbons (Fsp3) is 0.556. The molecule has 2 N–H and O–H groups in total. The molecule has 0 aliphatic carbocycles. The van der Waals surface area contributed by atoms with Crippen LogP contribution in [0.3, 0.4) is 0 Å². The standard InChI is InChI=1S/C18H25N5O2/c1-11(2)16(24)18(25)22-13-8-12(3)9-23(10-13)14-4-5-20-17-15(14)19-6-7-21-17/h4-7,11-13,16,24H,8-10H2,1-3H3,(H,22,25)/t12-,13+,16?/m0/s1. The molecule has 1 fully saturated rings. The van der Waals surface area contributed by atoms with Crippen LogP contribution in [0.25, 0.3) is 11.2 Å². The van der Waals surface area contributed by atoms with Crippen LogP contribution < -0.4 is 10.2 Å². The summed E-state index contributed by atoms with van der Waals surface area (Å²) < 4.78 is 0. The van der Waals surface area contributed by atoms with Crippen molar-refractivity contribution in [2.24, 2.45) is 11.8 Å². The van der Waals surface area contributed by atoms with E-state index >= 15 is 0 Å². The van der Waals surface area contributed by atoms with Gasteiger partial charge in [0.05, 0.1) is 5.69 Å². The molecule has 1 amide bonds. The van der Waals surface area contributed by atoms with Crippen molar-refractivity contribution in [3.63, 3.8) is 0 Å². The minimum absolute atomic E-state index is 0.00969. The van der Waals surface area contributed by atoms with Gasteiger partial charge in [-0.15, -0.1) is 0 Å². The number of aromatic nitrogens is 3. The largest absolute Gasteiger partial charge is 0.383 e. The summed E-state index contributed by atoms with van der Waals surface area (Å²) in [7, 11) is 0. The highest BCUT2D eigenvalue weighted by Crippen LogP contribution is 2.27. The van der Waals surface area contributed by atoms with Gasteiger partial charge in [-0.2, -0.15) is 0 Å². The first-order valence-electron chi connectivity index (χ1n) is 8.74. The Morgan fingerprint density at radius 3 is 2.72 bits per heavy atom. The van der Waals surface area contributed by atoms with Gasteiger partial charge in [-0.1, -0.05) is 20.8 Å². The van der Waals surface area contributed by atoms with Crippen LogP contribution in [-0.4, -0.2) is 51.2 Å². The van der Waals surface area contributed by atoms with Crippen LogP contribution >= 0.6 is 0 Å². The predicted octanol–water partition coefficient (Wildman–Crippen LogP) is 1.37. The molecule has 0 saturated carbocycles.